The summed E-state index contributed by atoms with van der Waals surface area (Å²) in [5, 5.41) is 1.55. The third kappa shape index (κ3) is 2.87. The second kappa shape index (κ2) is 6.00. The topological polar surface area (TPSA) is 12.9 Å². The summed E-state index contributed by atoms with van der Waals surface area (Å²) in [6.07, 6.45) is 0.669. The molecule has 3 aromatic rings. The van der Waals surface area contributed by atoms with Crippen LogP contribution in [0, 0.1) is 5.82 Å². The summed E-state index contributed by atoms with van der Waals surface area (Å²) in [5.74, 6) is 0.196. The summed E-state index contributed by atoms with van der Waals surface area (Å²) < 4.78 is 13.5. The first-order valence-corrected chi connectivity index (χ1v) is 7.50. The highest BCUT2D eigenvalue weighted by molar-refractivity contribution is 6.35. The maximum Gasteiger partial charge on any atom is 0.123 e. The molecule has 0 saturated carbocycles. The Balaban J connectivity index is 2.28. The van der Waals surface area contributed by atoms with Crippen molar-refractivity contribution in [2.75, 3.05) is 5.88 Å². The Morgan fingerprint density at radius 2 is 1.86 bits per heavy atom. The number of benzene rings is 2. The maximum absolute atomic E-state index is 13.5. The average Bonchev–Trinajstić information content (AvgIpc) is 2.47. The number of rotatable bonds is 3. The molecule has 4 heteroatoms. The van der Waals surface area contributed by atoms with Crippen molar-refractivity contribution in [2.45, 2.75) is 6.42 Å². The first-order chi connectivity index (χ1) is 10.2. The number of alkyl halides is 1. The van der Waals surface area contributed by atoms with Gasteiger partial charge in [-0.05, 0) is 36.2 Å². The summed E-state index contributed by atoms with van der Waals surface area (Å²) in [4.78, 5) is 4.65. The van der Waals surface area contributed by atoms with E-state index < -0.39 is 0 Å². The minimum absolute atomic E-state index is 0.287. The van der Waals surface area contributed by atoms with Gasteiger partial charge >= 0.3 is 0 Å². The largest absolute Gasteiger partial charge is 0.246 e. The van der Waals surface area contributed by atoms with Crippen molar-refractivity contribution in [3.63, 3.8) is 0 Å². The minimum atomic E-state index is -0.287. The molecule has 1 heterocycles. The highest BCUT2D eigenvalue weighted by atomic mass is 35.5. The van der Waals surface area contributed by atoms with Crippen LogP contribution < -0.4 is 0 Å². The molecule has 0 fully saturated rings. The van der Waals surface area contributed by atoms with Gasteiger partial charge in [-0.1, -0.05) is 35.9 Å². The zero-order valence-corrected chi connectivity index (χ0v) is 12.6. The third-order valence-corrected chi connectivity index (χ3v) is 3.83. The van der Waals surface area contributed by atoms with Crippen LogP contribution in [0.2, 0.25) is 5.02 Å². The van der Waals surface area contributed by atoms with Crippen LogP contribution in [0.5, 0.6) is 0 Å². The summed E-state index contributed by atoms with van der Waals surface area (Å²) in [5.41, 5.74) is 3.18. The molecular formula is C17H12Cl2FN. The van der Waals surface area contributed by atoms with Crippen LogP contribution in [0.25, 0.3) is 22.2 Å². The van der Waals surface area contributed by atoms with Gasteiger partial charge in [-0.2, -0.15) is 0 Å². The third-order valence-electron chi connectivity index (χ3n) is 3.34. The number of nitrogens with zero attached hydrogens (tertiary/aromatic N) is 1. The number of halogens is 3. The Bertz CT molecular complexity index is 802. The second-order valence-corrected chi connectivity index (χ2v) is 5.54. The Hall–Kier alpha value is -1.64. The van der Waals surface area contributed by atoms with E-state index in [1.165, 1.54) is 12.1 Å². The number of aryl methyl sites for hydroxylation is 1. The summed E-state index contributed by atoms with van der Waals surface area (Å²) in [6.45, 7) is 0. The average molecular weight is 320 g/mol. The molecule has 0 amide bonds. The molecule has 1 nitrogen and oxygen atoms in total. The molecule has 0 aliphatic carbocycles. The van der Waals surface area contributed by atoms with E-state index in [4.69, 9.17) is 23.2 Å². The van der Waals surface area contributed by atoms with E-state index >= 15 is 0 Å². The summed E-state index contributed by atoms with van der Waals surface area (Å²) in [7, 11) is 0. The van der Waals surface area contributed by atoms with Gasteiger partial charge < -0.3 is 0 Å². The lowest BCUT2D eigenvalue weighted by Gasteiger charge is -2.11. The van der Waals surface area contributed by atoms with Gasteiger partial charge in [-0.3, -0.25) is 0 Å². The number of pyridine rings is 1. The van der Waals surface area contributed by atoms with Crippen LogP contribution in [0.3, 0.4) is 0 Å². The van der Waals surface area contributed by atoms with Crippen molar-refractivity contribution in [2.24, 2.45) is 0 Å². The van der Waals surface area contributed by atoms with Gasteiger partial charge in [-0.15, -0.1) is 11.6 Å². The minimum Gasteiger partial charge on any atom is -0.246 e. The summed E-state index contributed by atoms with van der Waals surface area (Å²) in [6, 6.07) is 14.1. The standard InChI is InChI=1S/C17H12Cl2FN/c18-8-7-13-9-11-4-2-6-15(19)17(11)21-16(13)12-3-1-5-14(20)10-12/h1-6,9-10H,7-8H2. The second-order valence-electron chi connectivity index (χ2n) is 4.76. The highest BCUT2D eigenvalue weighted by Gasteiger charge is 2.11. The predicted molar refractivity (Wildman–Crippen MR) is 86.6 cm³/mol. The van der Waals surface area contributed by atoms with E-state index in [1.807, 2.05) is 24.3 Å². The van der Waals surface area contributed by atoms with Gasteiger partial charge in [0.25, 0.3) is 0 Å². The molecule has 0 spiro atoms. The molecule has 0 aliphatic rings. The Labute approximate surface area is 132 Å². The lowest BCUT2D eigenvalue weighted by Crippen LogP contribution is -1.96. The number of fused-ring (bicyclic) bond motifs is 1. The van der Waals surface area contributed by atoms with E-state index in [-0.39, 0.29) is 5.82 Å². The molecule has 0 unspecified atom stereocenters. The molecule has 0 aliphatic heterocycles. The molecule has 0 N–H and O–H groups in total. The monoisotopic (exact) mass is 319 g/mol. The van der Waals surface area contributed by atoms with Crippen LogP contribution in [0.15, 0.2) is 48.5 Å². The van der Waals surface area contributed by atoms with E-state index in [9.17, 15) is 4.39 Å². The molecule has 2 aromatic carbocycles. The smallest absolute Gasteiger partial charge is 0.123 e. The van der Waals surface area contributed by atoms with Crippen LogP contribution in [-0.4, -0.2) is 10.9 Å². The van der Waals surface area contributed by atoms with E-state index in [2.05, 4.69) is 4.98 Å². The van der Waals surface area contributed by atoms with Crippen molar-refractivity contribution >= 4 is 34.1 Å². The Kier molecular flexibility index (Phi) is 4.09. The Morgan fingerprint density at radius 1 is 1.05 bits per heavy atom. The molecule has 0 saturated heterocycles. The molecule has 0 atom stereocenters. The molecule has 21 heavy (non-hydrogen) atoms. The first kappa shape index (κ1) is 14.3. The van der Waals surface area contributed by atoms with E-state index in [0.717, 1.165) is 27.7 Å². The highest BCUT2D eigenvalue weighted by Crippen LogP contribution is 2.29. The molecule has 1 aromatic heterocycles. The fraction of sp³-hybridized carbons (Fsp3) is 0.118. The van der Waals surface area contributed by atoms with Gasteiger partial charge in [0.05, 0.1) is 16.2 Å². The van der Waals surface area contributed by atoms with Crippen LogP contribution in [-0.2, 0) is 6.42 Å². The quantitative estimate of drug-likeness (QED) is 0.583. The normalized spacial score (nSPS) is 11.0. The SMILES string of the molecule is Fc1cccc(-c2nc3c(Cl)cccc3cc2CCCl)c1. The number of aromatic nitrogens is 1. The molecule has 3 rings (SSSR count). The lowest BCUT2D eigenvalue weighted by molar-refractivity contribution is 0.628. The molecular weight excluding hydrogens is 308 g/mol. The van der Waals surface area contributed by atoms with Crippen molar-refractivity contribution in [3.8, 4) is 11.3 Å². The van der Waals surface area contributed by atoms with Gasteiger partial charge in [0.1, 0.15) is 5.82 Å². The summed E-state index contributed by atoms with van der Waals surface area (Å²) >= 11 is 12.1. The zero-order valence-electron chi connectivity index (χ0n) is 11.1. The Morgan fingerprint density at radius 3 is 2.62 bits per heavy atom. The fourth-order valence-corrected chi connectivity index (χ4v) is 2.81. The van der Waals surface area contributed by atoms with Gasteiger partial charge in [0, 0.05) is 16.8 Å². The number of hydrogen-bond acceptors (Lipinski definition) is 1. The van der Waals surface area contributed by atoms with Crippen molar-refractivity contribution < 1.29 is 4.39 Å². The predicted octanol–water partition coefficient (Wildman–Crippen LogP) is 5.48. The van der Waals surface area contributed by atoms with Gasteiger partial charge in [0.15, 0.2) is 0 Å². The molecule has 0 bridgehead atoms. The van der Waals surface area contributed by atoms with E-state index in [1.54, 1.807) is 12.1 Å². The van der Waals surface area contributed by atoms with E-state index in [0.29, 0.717) is 17.3 Å². The van der Waals surface area contributed by atoms with Crippen molar-refractivity contribution in [1.82, 2.24) is 4.98 Å². The lowest BCUT2D eigenvalue weighted by atomic mass is 10.0. The van der Waals surface area contributed by atoms with Crippen LogP contribution in [0.1, 0.15) is 5.56 Å². The first-order valence-electron chi connectivity index (χ1n) is 6.59. The number of hydrogen-bond donors (Lipinski definition) is 0. The molecule has 106 valence electrons. The zero-order chi connectivity index (χ0) is 14.8. The fourth-order valence-electron chi connectivity index (χ4n) is 2.38. The van der Waals surface area contributed by atoms with Crippen LogP contribution in [0.4, 0.5) is 4.39 Å². The van der Waals surface area contributed by atoms with Crippen molar-refractivity contribution in [3.05, 3.63) is 64.9 Å². The molecule has 0 radical (unpaired) electrons. The van der Waals surface area contributed by atoms with Gasteiger partial charge in [-0.25, -0.2) is 9.37 Å². The maximum atomic E-state index is 13.5. The van der Waals surface area contributed by atoms with Gasteiger partial charge in [0.2, 0.25) is 0 Å². The number of para-hydroxylation sites is 1. The van der Waals surface area contributed by atoms with Crippen molar-refractivity contribution in [1.29, 1.82) is 0 Å². The van der Waals surface area contributed by atoms with Crippen LogP contribution >= 0.6 is 23.2 Å².